The third kappa shape index (κ3) is 4.46. The average molecular weight is 763 g/mol. The predicted molar refractivity (Wildman–Crippen MR) is 253 cm³/mol. The molecule has 0 bridgehead atoms. The molecule has 60 heavy (non-hydrogen) atoms. The topological polar surface area (TPSA) is 0 Å². The van der Waals surface area contributed by atoms with Gasteiger partial charge in [0.1, 0.15) is 0 Å². The lowest BCUT2D eigenvalue weighted by atomic mass is 9.73. The van der Waals surface area contributed by atoms with E-state index in [0.717, 1.165) is 12.8 Å². The highest BCUT2D eigenvalue weighted by Gasteiger charge is 2.48. The first-order valence-corrected chi connectivity index (χ1v) is 21.6. The zero-order chi connectivity index (χ0) is 39.7. The van der Waals surface area contributed by atoms with Crippen LogP contribution in [0.25, 0.3) is 88.0 Å². The van der Waals surface area contributed by atoms with Gasteiger partial charge in [0.2, 0.25) is 0 Å². The molecular weight excluding hydrogens is 721 g/mol. The van der Waals surface area contributed by atoms with Crippen LogP contribution in [0.3, 0.4) is 0 Å². The predicted octanol–water partition coefficient (Wildman–Crippen LogP) is 15.7. The Morgan fingerprint density at radius 2 is 0.883 bits per heavy atom. The molecule has 0 saturated heterocycles. The molecular formula is C60H42. The van der Waals surface area contributed by atoms with Gasteiger partial charge in [0, 0.05) is 10.8 Å². The number of aryl methyl sites for hydroxylation is 1. The van der Waals surface area contributed by atoms with Crippen molar-refractivity contribution in [2.45, 2.75) is 37.5 Å². The molecule has 0 amide bonds. The van der Waals surface area contributed by atoms with Gasteiger partial charge in [-0.05, 0) is 152 Å². The van der Waals surface area contributed by atoms with Crippen molar-refractivity contribution >= 4 is 32.3 Å². The monoisotopic (exact) mass is 762 g/mol. The summed E-state index contributed by atoms with van der Waals surface area (Å²) in [4.78, 5) is 0. The van der Waals surface area contributed by atoms with Crippen LogP contribution in [0, 0.1) is 0 Å². The summed E-state index contributed by atoms with van der Waals surface area (Å²) in [5.41, 5.74) is 21.5. The lowest BCUT2D eigenvalue weighted by Gasteiger charge is -2.29. The van der Waals surface area contributed by atoms with E-state index in [-0.39, 0.29) is 10.8 Å². The molecule has 13 rings (SSSR count). The molecule has 1 spiro atoms. The van der Waals surface area contributed by atoms with Crippen molar-refractivity contribution in [3.8, 4) is 55.6 Å². The maximum Gasteiger partial charge on any atom is 0.0469 e. The van der Waals surface area contributed by atoms with Gasteiger partial charge in [-0.15, -0.1) is 0 Å². The molecule has 1 unspecified atom stereocenters. The zero-order valence-corrected chi connectivity index (χ0v) is 33.9. The van der Waals surface area contributed by atoms with Crippen molar-refractivity contribution in [2.75, 3.05) is 0 Å². The van der Waals surface area contributed by atoms with Crippen molar-refractivity contribution in [3.05, 3.63) is 228 Å². The SMILES string of the molecule is CC1(C)c2ccccc2-c2cc(-c3c4ccccc4c(-c4ccc5c(c4)C4(CCc6ccccc64)c4ccccc4-5)c4ccc(-c5cccc6ccccc56)cc34)ccc21. The van der Waals surface area contributed by atoms with E-state index in [1.54, 1.807) is 0 Å². The summed E-state index contributed by atoms with van der Waals surface area (Å²) < 4.78 is 0. The molecule has 0 heteroatoms. The number of fused-ring (bicyclic) bond motifs is 13. The number of hydrogen-bond donors (Lipinski definition) is 0. The molecule has 0 heterocycles. The molecule has 0 nitrogen and oxygen atoms in total. The summed E-state index contributed by atoms with van der Waals surface area (Å²) in [5.74, 6) is 0. The van der Waals surface area contributed by atoms with Gasteiger partial charge in [-0.2, -0.15) is 0 Å². The highest BCUT2D eigenvalue weighted by Crippen LogP contribution is 2.59. The van der Waals surface area contributed by atoms with Crippen LogP contribution >= 0.6 is 0 Å². The second-order valence-corrected chi connectivity index (χ2v) is 17.9. The fraction of sp³-hybridized carbons (Fsp3) is 0.100. The molecule has 3 aliphatic carbocycles. The molecule has 282 valence electrons. The Morgan fingerprint density at radius 3 is 1.72 bits per heavy atom. The van der Waals surface area contributed by atoms with Crippen molar-refractivity contribution in [1.82, 2.24) is 0 Å². The minimum atomic E-state index is -0.153. The molecule has 0 aliphatic heterocycles. The Hall–Kier alpha value is -7.02. The highest BCUT2D eigenvalue weighted by molar-refractivity contribution is 6.22. The van der Waals surface area contributed by atoms with Crippen molar-refractivity contribution in [3.63, 3.8) is 0 Å². The van der Waals surface area contributed by atoms with E-state index in [9.17, 15) is 0 Å². The summed E-state index contributed by atoms with van der Waals surface area (Å²) in [7, 11) is 0. The molecule has 10 aromatic carbocycles. The van der Waals surface area contributed by atoms with E-state index >= 15 is 0 Å². The van der Waals surface area contributed by atoms with Gasteiger partial charge in [-0.25, -0.2) is 0 Å². The zero-order valence-electron chi connectivity index (χ0n) is 33.9. The van der Waals surface area contributed by atoms with Gasteiger partial charge in [0.05, 0.1) is 0 Å². The summed E-state index contributed by atoms with van der Waals surface area (Å²) in [6.45, 7) is 4.74. The van der Waals surface area contributed by atoms with Crippen LogP contribution in [0.5, 0.6) is 0 Å². The van der Waals surface area contributed by atoms with E-state index in [4.69, 9.17) is 0 Å². The number of hydrogen-bond acceptors (Lipinski definition) is 0. The molecule has 1 atom stereocenters. The fourth-order valence-corrected chi connectivity index (χ4v) is 12.0. The summed E-state index contributed by atoms with van der Waals surface area (Å²) >= 11 is 0. The first kappa shape index (κ1) is 33.9. The molecule has 10 aromatic rings. The van der Waals surface area contributed by atoms with Crippen molar-refractivity contribution < 1.29 is 0 Å². The molecule has 0 saturated carbocycles. The van der Waals surface area contributed by atoms with Crippen LogP contribution < -0.4 is 0 Å². The lowest BCUT2D eigenvalue weighted by Crippen LogP contribution is -2.23. The van der Waals surface area contributed by atoms with Gasteiger partial charge in [0.15, 0.2) is 0 Å². The molecule has 0 N–H and O–H groups in total. The van der Waals surface area contributed by atoms with Crippen LogP contribution in [-0.2, 0) is 17.3 Å². The molecule has 0 fully saturated rings. The van der Waals surface area contributed by atoms with Crippen LogP contribution in [-0.4, -0.2) is 0 Å². The largest absolute Gasteiger partial charge is 0.0620 e. The van der Waals surface area contributed by atoms with Crippen LogP contribution in [0.4, 0.5) is 0 Å². The smallest absolute Gasteiger partial charge is 0.0469 e. The van der Waals surface area contributed by atoms with Crippen LogP contribution in [0.15, 0.2) is 194 Å². The third-order valence-electron chi connectivity index (χ3n) is 14.7. The van der Waals surface area contributed by atoms with E-state index in [1.165, 1.54) is 121 Å². The van der Waals surface area contributed by atoms with Gasteiger partial charge >= 0.3 is 0 Å². The van der Waals surface area contributed by atoms with E-state index in [2.05, 4.69) is 208 Å². The Kier molecular flexibility index (Phi) is 6.93. The maximum absolute atomic E-state index is 2.57. The Balaban J connectivity index is 1.11. The quantitative estimate of drug-likeness (QED) is 0.157. The van der Waals surface area contributed by atoms with Crippen molar-refractivity contribution in [1.29, 1.82) is 0 Å². The van der Waals surface area contributed by atoms with Crippen LogP contribution in [0.1, 0.15) is 53.6 Å². The molecule has 0 aromatic heterocycles. The van der Waals surface area contributed by atoms with Gasteiger partial charge in [0.25, 0.3) is 0 Å². The number of benzene rings is 10. The first-order valence-electron chi connectivity index (χ1n) is 21.6. The van der Waals surface area contributed by atoms with E-state index in [1.807, 2.05) is 0 Å². The molecule has 3 aliphatic rings. The fourth-order valence-electron chi connectivity index (χ4n) is 12.0. The first-order chi connectivity index (χ1) is 29.5. The maximum atomic E-state index is 2.57. The lowest BCUT2D eigenvalue weighted by molar-refractivity contribution is 0.626. The second-order valence-electron chi connectivity index (χ2n) is 17.9. The van der Waals surface area contributed by atoms with Gasteiger partial charge in [-0.1, -0.05) is 190 Å². The summed E-state index contributed by atoms with van der Waals surface area (Å²) in [6.07, 6.45) is 2.18. The Morgan fingerprint density at radius 1 is 0.333 bits per heavy atom. The third-order valence-corrected chi connectivity index (χ3v) is 14.7. The Bertz CT molecular complexity index is 3460. The van der Waals surface area contributed by atoms with Crippen molar-refractivity contribution in [2.24, 2.45) is 0 Å². The Labute approximate surface area is 351 Å². The number of rotatable bonds is 3. The summed E-state index contributed by atoms with van der Waals surface area (Å²) in [5, 5.41) is 7.67. The minimum Gasteiger partial charge on any atom is -0.0620 e. The van der Waals surface area contributed by atoms with E-state index in [0.29, 0.717) is 0 Å². The molecule has 0 radical (unpaired) electrons. The highest BCUT2D eigenvalue weighted by atomic mass is 14.5. The van der Waals surface area contributed by atoms with Crippen LogP contribution in [0.2, 0.25) is 0 Å². The standard InChI is InChI=1S/C60H42/c1-59(2)53-24-11-8-19-45(53)50-35-40(28-31-54(50)59)58-48-21-7-6-20-47(48)57(49-30-26-39(34-51(49)58)43-22-13-16-37-14-3-5-17-42(37)43)41-27-29-46-44-18-9-12-25-55(44)60(56(46)36-41)33-32-38-15-4-10-23-52(38)60/h3-31,34-36H,32-33H2,1-2H3. The average Bonchev–Trinajstić information content (AvgIpc) is 3.90. The second kappa shape index (κ2) is 12.3. The van der Waals surface area contributed by atoms with Gasteiger partial charge in [-0.3, -0.25) is 0 Å². The summed E-state index contributed by atoms with van der Waals surface area (Å²) in [6, 6.07) is 74.0. The van der Waals surface area contributed by atoms with E-state index < -0.39 is 0 Å². The van der Waals surface area contributed by atoms with Gasteiger partial charge < -0.3 is 0 Å². The normalized spacial score (nSPS) is 16.6. The minimum absolute atomic E-state index is 0.0512.